The molecule has 0 amide bonds. The molecule has 116 valence electrons. The van der Waals surface area contributed by atoms with Crippen molar-refractivity contribution in [2.45, 2.75) is 19.3 Å². The third kappa shape index (κ3) is 3.30. The van der Waals surface area contributed by atoms with E-state index in [0.29, 0.717) is 13.0 Å². The first-order valence-electron chi connectivity index (χ1n) is 7.38. The van der Waals surface area contributed by atoms with E-state index in [0.717, 1.165) is 29.7 Å². The maximum atomic E-state index is 12.9. The van der Waals surface area contributed by atoms with Crippen molar-refractivity contribution in [3.05, 3.63) is 65.5 Å². The highest BCUT2D eigenvalue weighted by Gasteiger charge is 2.28. The Bertz CT molecular complexity index is 739. The second kappa shape index (κ2) is 6.08. The van der Waals surface area contributed by atoms with Crippen molar-refractivity contribution >= 4 is 15.7 Å². The molecule has 0 bridgehead atoms. The lowest BCUT2D eigenvalue weighted by Crippen LogP contribution is -2.24. The van der Waals surface area contributed by atoms with Gasteiger partial charge in [-0.25, -0.2) is 12.8 Å². The quantitative estimate of drug-likeness (QED) is 0.868. The van der Waals surface area contributed by atoms with E-state index in [1.165, 1.54) is 16.4 Å². The summed E-state index contributed by atoms with van der Waals surface area (Å²) in [6.45, 7) is 0.567. The Kier molecular flexibility index (Phi) is 4.16. The van der Waals surface area contributed by atoms with Gasteiger partial charge in [0.2, 0.25) is 10.0 Å². The van der Waals surface area contributed by atoms with Crippen molar-refractivity contribution in [2.75, 3.05) is 16.6 Å². The number of sulfonamides is 1. The number of nitrogens with zero attached hydrogens (tertiary/aromatic N) is 1. The molecule has 0 unspecified atom stereocenters. The highest BCUT2D eigenvalue weighted by atomic mass is 32.2. The zero-order valence-electron chi connectivity index (χ0n) is 12.2. The van der Waals surface area contributed by atoms with Crippen LogP contribution in [0.2, 0.25) is 0 Å². The second-order valence-corrected chi connectivity index (χ2v) is 7.55. The molecule has 1 saturated heterocycles. The van der Waals surface area contributed by atoms with Crippen molar-refractivity contribution in [3.63, 3.8) is 0 Å². The largest absolute Gasteiger partial charge is 0.270 e. The number of hydrogen-bond donors (Lipinski definition) is 0. The molecular formula is C17H18FNO2S. The van der Waals surface area contributed by atoms with E-state index in [1.807, 2.05) is 24.3 Å². The van der Waals surface area contributed by atoms with Crippen molar-refractivity contribution in [1.29, 1.82) is 0 Å². The predicted octanol–water partition coefficient (Wildman–Crippen LogP) is 3.15. The number of rotatable bonds is 4. The van der Waals surface area contributed by atoms with E-state index in [2.05, 4.69) is 0 Å². The summed E-state index contributed by atoms with van der Waals surface area (Å²) in [7, 11) is -3.11. The molecule has 0 atom stereocenters. The van der Waals surface area contributed by atoms with Crippen LogP contribution in [0.4, 0.5) is 10.1 Å². The minimum Gasteiger partial charge on any atom is -0.270 e. The van der Waals surface area contributed by atoms with E-state index in [9.17, 15) is 12.8 Å². The highest BCUT2D eigenvalue weighted by molar-refractivity contribution is 7.93. The minimum atomic E-state index is -3.11. The van der Waals surface area contributed by atoms with Crippen molar-refractivity contribution < 1.29 is 12.8 Å². The normalized spacial score (nSPS) is 16.9. The van der Waals surface area contributed by atoms with E-state index < -0.39 is 10.0 Å². The second-order valence-electron chi connectivity index (χ2n) is 5.53. The van der Waals surface area contributed by atoms with Gasteiger partial charge in [-0.15, -0.1) is 0 Å². The lowest BCUT2D eigenvalue weighted by molar-refractivity contribution is 0.599. The van der Waals surface area contributed by atoms with Gasteiger partial charge in [0.15, 0.2) is 0 Å². The van der Waals surface area contributed by atoms with E-state index in [1.54, 1.807) is 12.1 Å². The molecular weight excluding hydrogens is 301 g/mol. The Labute approximate surface area is 130 Å². The maximum Gasteiger partial charge on any atom is 0.235 e. The van der Waals surface area contributed by atoms with Gasteiger partial charge in [-0.3, -0.25) is 4.31 Å². The first-order valence-corrected chi connectivity index (χ1v) is 8.99. The minimum absolute atomic E-state index is 0.222. The van der Waals surface area contributed by atoms with Crippen molar-refractivity contribution in [2.24, 2.45) is 0 Å². The molecule has 1 aliphatic heterocycles. The fourth-order valence-electron chi connectivity index (χ4n) is 2.70. The summed E-state index contributed by atoms with van der Waals surface area (Å²) in [5.41, 5.74) is 2.97. The summed E-state index contributed by atoms with van der Waals surface area (Å²) >= 11 is 0. The molecule has 0 radical (unpaired) electrons. The Morgan fingerprint density at radius 2 is 1.45 bits per heavy atom. The summed E-state index contributed by atoms with van der Waals surface area (Å²) in [6.07, 6.45) is 2.37. The molecule has 1 fully saturated rings. The molecule has 0 N–H and O–H groups in total. The van der Waals surface area contributed by atoms with E-state index >= 15 is 0 Å². The van der Waals surface area contributed by atoms with Crippen LogP contribution in [0.5, 0.6) is 0 Å². The fraction of sp³-hybridized carbons (Fsp3) is 0.294. The zero-order chi connectivity index (χ0) is 15.6. The lowest BCUT2D eigenvalue weighted by atomic mass is 10.0. The van der Waals surface area contributed by atoms with Gasteiger partial charge in [-0.05, 0) is 54.7 Å². The zero-order valence-corrected chi connectivity index (χ0v) is 13.0. The Balaban J connectivity index is 1.65. The first kappa shape index (κ1) is 15.0. The van der Waals surface area contributed by atoms with E-state index in [-0.39, 0.29) is 11.6 Å². The van der Waals surface area contributed by atoms with Crippen LogP contribution in [0.25, 0.3) is 0 Å². The Morgan fingerprint density at radius 1 is 0.909 bits per heavy atom. The van der Waals surface area contributed by atoms with Crippen LogP contribution < -0.4 is 4.31 Å². The summed E-state index contributed by atoms with van der Waals surface area (Å²) in [5.74, 6) is 0.0131. The van der Waals surface area contributed by atoms with Gasteiger partial charge in [0.05, 0.1) is 11.4 Å². The Hall–Kier alpha value is -1.88. The smallest absolute Gasteiger partial charge is 0.235 e. The topological polar surface area (TPSA) is 37.4 Å². The number of hydrogen-bond acceptors (Lipinski definition) is 2. The maximum absolute atomic E-state index is 12.9. The predicted molar refractivity (Wildman–Crippen MR) is 86.0 cm³/mol. The third-order valence-electron chi connectivity index (χ3n) is 3.94. The lowest BCUT2D eigenvalue weighted by Gasteiger charge is -2.17. The van der Waals surface area contributed by atoms with Gasteiger partial charge in [0.25, 0.3) is 0 Å². The van der Waals surface area contributed by atoms with Gasteiger partial charge in [-0.1, -0.05) is 24.3 Å². The molecule has 0 aromatic heterocycles. The molecule has 0 spiro atoms. The molecule has 22 heavy (non-hydrogen) atoms. The molecule has 3 rings (SSSR count). The number of anilines is 1. The fourth-order valence-corrected chi connectivity index (χ4v) is 4.26. The molecule has 1 aliphatic rings. The number of benzene rings is 2. The van der Waals surface area contributed by atoms with Gasteiger partial charge in [-0.2, -0.15) is 0 Å². The van der Waals surface area contributed by atoms with Crippen LogP contribution in [0.1, 0.15) is 17.5 Å². The van der Waals surface area contributed by atoms with Gasteiger partial charge < -0.3 is 0 Å². The number of halogens is 1. The van der Waals surface area contributed by atoms with Gasteiger partial charge >= 0.3 is 0 Å². The standard InChI is InChI=1S/C17H18FNO2S/c18-16-8-4-14(5-9-16)2-3-15-6-10-17(11-7-15)19-12-1-13-22(19,20)21/h4-11H,1-3,12-13H2. The molecule has 2 aromatic rings. The molecule has 0 aliphatic carbocycles. The average molecular weight is 319 g/mol. The van der Waals surface area contributed by atoms with Crippen LogP contribution >= 0.6 is 0 Å². The monoisotopic (exact) mass is 319 g/mol. The molecule has 0 saturated carbocycles. The van der Waals surface area contributed by atoms with Crippen LogP contribution in [-0.2, 0) is 22.9 Å². The number of aryl methyl sites for hydroxylation is 2. The van der Waals surface area contributed by atoms with Crippen molar-refractivity contribution in [3.8, 4) is 0 Å². The van der Waals surface area contributed by atoms with E-state index in [4.69, 9.17) is 0 Å². The van der Waals surface area contributed by atoms with Crippen molar-refractivity contribution in [1.82, 2.24) is 0 Å². The van der Waals surface area contributed by atoms with Gasteiger partial charge in [0, 0.05) is 6.54 Å². The molecule has 2 aromatic carbocycles. The molecule has 5 heteroatoms. The van der Waals surface area contributed by atoms with Crippen LogP contribution in [0.15, 0.2) is 48.5 Å². The summed E-state index contributed by atoms with van der Waals surface area (Å²) < 4.78 is 38.1. The van der Waals surface area contributed by atoms with Crippen LogP contribution in [0, 0.1) is 5.82 Å². The first-order chi connectivity index (χ1) is 10.5. The average Bonchev–Trinajstić information content (AvgIpc) is 2.87. The SMILES string of the molecule is O=S1(=O)CCCN1c1ccc(CCc2ccc(F)cc2)cc1. The molecule has 1 heterocycles. The highest BCUT2D eigenvalue weighted by Crippen LogP contribution is 2.24. The summed E-state index contributed by atoms with van der Waals surface area (Å²) in [4.78, 5) is 0. The Morgan fingerprint density at radius 3 is 1.95 bits per heavy atom. The summed E-state index contributed by atoms with van der Waals surface area (Å²) in [5, 5.41) is 0. The molecule has 3 nitrogen and oxygen atoms in total. The summed E-state index contributed by atoms with van der Waals surface area (Å²) in [6, 6.07) is 14.2. The van der Waals surface area contributed by atoms with Gasteiger partial charge in [0.1, 0.15) is 5.82 Å². The third-order valence-corrected chi connectivity index (χ3v) is 5.81. The van der Waals surface area contributed by atoms with Crippen LogP contribution in [0.3, 0.4) is 0 Å². The van der Waals surface area contributed by atoms with Crippen LogP contribution in [-0.4, -0.2) is 20.7 Å².